The average molecular weight is 232 g/mol. The molecule has 0 radical (unpaired) electrons. The molecule has 0 N–H and O–H groups in total. The molecule has 3 nitrogen and oxygen atoms in total. The molecule has 3 rings (SSSR count). The second-order valence-electron chi connectivity index (χ2n) is 5.38. The number of piperidine rings is 1. The van der Waals surface area contributed by atoms with E-state index in [4.69, 9.17) is 4.74 Å². The molecule has 0 amide bonds. The van der Waals surface area contributed by atoms with Crippen LogP contribution in [0, 0.1) is 6.92 Å². The molecule has 0 saturated carbocycles. The van der Waals surface area contributed by atoms with Crippen molar-refractivity contribution in [2.45, 2.75) is 50.8 Å². The lowest BCUT2D eigenvalue weighted by Gasteiger charge is -2.36. The van der Waals surface area contributed by atoms with Crippen LogP contribution in [0.15, 0.2) is 18.2 Å². The third-order valence-corrected chi connectivity index (χ3v) is 4.21. The molecule has 0 aliphatic carbocycles. The largest absolute Gasteiger partial charge is 0.474 e. The summed E-state index contributed by atoms with van der Waals surface area (Å²) >= 11 is 0. The Hall–Kier alpha value is -1.09. The van der Waals surface area contributed by atoms with Gasteiger partial charge in [-0.15, -0.1) is 0 Å². The van der Waals surface area contributed by atoms with E-state index in [2.05, 4.69) is 16.9 Å². The molecule has 92 valence electrons. The normalized spacial score (nSPS) is 32.7. The van der Waals surface area contributed by atoms with E-state index in [0.717, 1.165) is 36.5 Å². The molecule has 0 spiro atoms. The quantitative estimate of drug-likeness (QED) is 0.783. The van der Waals surface area contributed by atoms with Crippen molar-refractivity contribution in [1.82, 2.24) is 9.88 Å². The van der Waals surface area contributed by atoms with Crippen LogP contribution in [0.4, 0.5) is 0 Å². The fourth-order valence-electron chi connectivity index (χ4n) is 3.21. The summed E-state index contributed by atoms with van der Waals surface area (Å²) in [6.45, 7) is 2.01. The summed E-state index contributed by atoms with van der Waals surface area (Å²) in [5.41, 5.74) is 1.03. The van der Waals surface area contributed by atoms with Gasteiger partial charge in [0.15, 0.2) is 0 Å². The van der Waals surface area contributed by atoms with Crippen LogP contribution in [-0.2, 0) is 0 Å². The van der Waals surface area contributed by atoms with Crippen molar-refractivity contribution in [2.24, 2.45) is 0 Å². The van der Waals surface area contributed by atoms with Gasteiger partial charge >= 0.3 is 0 Å². The van der Waals surface area contributed by atoms with E-state index in [1.54, 1.807) is 0 Å². The Morgan fingerprint density at radius 1 is 1.24 bits per heavy atom. The van der Waals surface area contributed by atoms with E-state index in [1.807, 2.05) is 25.1 Å². The molecular weight excluding hydrogens is 212 g/mol. The van der Waals surface area contributed by atoms with Gasteiger partial charge in [0.2, 0.25) is 5.88 Å². The van der Waals surface area contributed by atoms with Gasteiger partial charge < -0.3 is 9.64 Å². The summed E-state index contributed by atoms with van der Waals surface area (Å²) in [6, 6.07) is 7.44. The molecule has 3 heterocycles. The van der Waals surface area contributed by atoms with Crippen molar-refractivity contribution in [1.29, 1.82) is 0 Å². The monoisotopic (exact) mass is 232 g/mol. The van der Waals surface area contributed by atoms with Gasteiger partial charge in [-0.25, -0.2) is 4.98 Å². The summed E-state index contributed by atoms with van der Waals surface area (Å²) in [5.74, 6) is 0.791. The van der Waals surface area contributed by atoms with Crippen LogP contribution >= 0.6 is 0 Å². The van der Waals surface area contributed by atoms with Crippen molar-refractivity contribution in [3.8, 4) is 5.88 Å². The predicted molar refractivity (Wildman–Crippen MR) is 67.2 cm³/mol. The SMILES string of the molecule is Cc1cccc(OC2CC3CCC(C2)N3C)n1. The fraction of sp³-hybridized carbons (Fsp3) is 0.643. The first kappa shape index (κ1) is 11.0. The Labute approximate surface area is 103 Å². The van der Waals surface area contributed by atoms with E-state index in [1.165, 1.54) is 12.8 Å². The molecule has 17 heavy (non-hydrogen) atoms. The molecule has 2 saturated heterocycles. The Morgan fingerprint density at radius 3 is 2.59 bits per heavy atom. The topological polar surface area (TPSA) is 25.4 Å². The predicted octanol–water partition coefficient (Wildman–Crippen LogP) is 2.39. The number of hydrogen-bond donors (Lipinski definition) is 0. The highest BCUT2D eigenvalue weighted by Crippen LogP contribution is 2.35. The average Bonchev–Trinajstić information content (AvgIpc) is 2.52. The lowest BCUT2D eigenvalue weighted by atomic mass is 10.0. The van der Waals surface area contributed by atoms with Crippen LogP contribution in [0.3, 0.4) is 0 Å². The zero-order chi connectivity index (χ0) is 11.8. The second-order valence-corrected chi connectivity index (χ2v) is 5.38. The van der Waals surface area contributed by atoms with Crippen LogP contribution in [0.2, 0.25) is 0 Å². The number of nitrogens with zero attached hydrogens (tertiary/aromatic N) is 2. The molecular formula is C14H20N2O. The second kappa shape index (κ2) is 4.30. The highest BCUT2D eigenvalue weighted by atomic mass is 16.5. The molecule has 3 heteroatoms. The Balaban J connectivity index is 1.67. The van der Waals surface area contributed by atoms with Gasteiger partial charge in [0.05, 0.1) is 0 Å². The first-order chi connectivity index (χ1) is 8.22. The van der Waals surface area contributed by atoms with Crippen LogP contribution in [-0.4, -0.2) is 35.1 Å². The highest BCUT2D eigenvalue weighted by molar-refractivity contribution is 5.15. The Kier molecular flexibility index (Phi) is 2.79. The maximum Gasteiger partial charge on any atom is 0.213 e. The van der Waals surface area contributed by atoms with Crippen LogP contribution in [0.5, 0.6) is 5.88 Å². The number of pyridine rings is 1. The summed E-state index contributed by atoms with van der Waals surface area (Å²) < 4.78 is 6.03. The van der Waals surface area contributed by atoms with Gasteiger partial charge in [0.25, 0.3) is 0 Å². The maximum absolute atomic E-state index is 6.03. The lowest BCUT2D eigenvalue weighted by Crippen LogP contribution is -2.43. The molecule has 2 atom stereocenters. The van der Waals surface area contributed by atoms with E-state index in [9.17, 15) is 0 Å². The highest BCUT2D eigenvalue weighted by Gasteiger charge is 2.39. The number of aromatic nitrogens is 1. The minimum atomic E-state index is 0.359. The van der Waals surface area contributed by atoms with E-state index in [0.29, 0.717) is 6.10 Å². The van der Waals surface area contributed by atoms with Crippen LogP contribution < -0.4 is 4.74 Å². The van der Waals surface area contributed by atoms with Crippen molar-refractivity contribution in [3.05, 3.63) is 23.9 Å². The van der Waals surface area contributed by atoms with Crippen molar-refractivity contribution in [3.63, 3.8) is 0 Å². The third kappa shape index (κ3) is 2.16. The number of hydrogen-bond acceptors (Lipinski definition) is 3. The summed E-state index contributed by atoms with van der Waals surface area (Å²) in [6.07, 6.45) is 5.34. The molecule has 2 aliphatic heterocycles. The Morgan fingerprint density at radius 2 is 1.94 bits per heavy atom. The third-order valence-electron chi connectivity index (χ3n) is 4.21. The van der Waals surface area contributed by atoms with Gasteiger partial charge in [-0.1, -0.05) is 6.07 Å². The fourth-order valence-corrected chi connectivity index (χ4v) is 3.21. The van der Waals surface area contributed by atoms with Gasteiger partial charge in [-0.3, -0.25) is 0 Å². The van der Waals surface area contributed by atoms with E-state index < -0.39 is 0 Å². The molecule has 1 aromatic rings. The number of rotatable bonds is 2. The molecule has 2 unspecified atom stereocenters. The van der Waals surface area contributed by atoms with Gasteiger partial charge in [-0.05, 0) is 45.7 Å². The number of aryl methyl sites for hydroxylation is 1. The zero-order valence-electron chi connectivity index (χ0n) is 10.6. The van der Waals surface area contributed by atoms with Gasteiger partial charge in [-0.2, -0.15) is 0 Å². The molecule has 2 aliphatic rings. The minimum Gasteiger partial charge on any atom is -0.474 e. The first-order valence-electron chi connectivity index (χ1n) is 6.54. The number of ether oxygens (including phenoxy) is 1. The summed E-state index contributed by atoms with van der Waals surface area (Å²) in [7, 11) is 2.25. The van der Waals surface area contributed by atoms with Gasteiger partial charge in [0, 0.05) is 23.8 Å². The van der Waals surface area contributed by atoms with Crippen molar-refractivity contribution < 1.29 is 4.74 Å². The standard InChI is InChI=1S/C14H20N2O/c1-10-4-3-5-14(15-10)17-13-8-11-6-7-12(9-13)16(11)2/h3-5,11-13H,6-9H2,1-2H3. The van der Waals surface area contributed by atoms with Crippen LogP contribution in [0.25, 0.3) is 0 Å². The molecule has 2 bridgehead atoms. The molecule has 2 fully saturated rings. The maximum atomic E-state index is 6.03. The van der Waals surface area contributed by atoms with E-state index >= 15 is 0 Å². The molecule has 0 aromatic carbocycles. The summed E-state index contributed by atoms with van der Waals surface area (Å²) in [5, 5.41) is 0. The van der Waals surface area contributed by atoms with Gasteiger partial charge in [0.1, 0.15) is 6.10 Å². The Bertz CT molecular complexity index is 393. The first-order valence-corrected chi connectivity index (χ1v) is 6.54. The lowest BCUT2D eigenvalue weighted by molar-refractivity contribution is 0.0632. The molecule has 1 aromatic heterocycles. The van der Waals surface area contributed by atoms with E-state index in [-0.39, 0.29) is 0 Å². The van der Waals surface area contributed by atoms with Crippen LogP contribution in [0.1, 0.15) is 31.4 Å². The summed E-state index contributed by atoms with van der Waals surface area (Å²) in [4.78, 5) is 6.95. The smallest absolute Gasteiger partial charge is 0.213 e. The van der Waals surface area contributed by atoms with Crippen molar-refractivity contribution >= 4 is 0 Å². The van der Waals surface area contributed by atoms with Crippen molar-refractivity contribution in [2.75, 3.05) is 7.05 Å². The minimum absolute atomic E-state index is 0.359. The zero-order valence-corrected chi connectivity index (χ0v) is 10.6. The number of fused-ring (bicyclic) bond motifs is 2.